The van der Waals surface area contributed by atoms with Crippen LogP contribution in [-0.4, -0.2) is 118 Å². The van der Waals surface area contributed by atoms with Crippen molar-refractivity contribution in [2.45, 2.75) is 134 Å². The zero-order chi connectivity index (χ0) is 34.7. The third kappa shape index (κ3) is 11.6. The molecule has 0 aromatic rings. The fourth-order valence-electron chi connectivity index (χ4n) is 7.61. The molecule has 5 atom stereocenters. The van der Waals surface area contributed by atoms with Crippen LogP contribution in [0.2, 0.25) is 0 Å². The van der Waals surface area contributed by atoms with E-state index in [1.54, 1.807) is 13.3 Å². The van der Waals surface area contributed by atoms with E-state index in [9.17, 15) is 28.0 Å². The Morgan fingerprint density at radius 3 is 2.27 bits per heavy atom. The summed E-state index contributed by atoms with van der Waals surface area (Å²) in [4.78, 5) is 52.4. The topological polar surface area (TPSA) is 154 Å². The molecule has 4 amide bonds. The van der Waals surface area contributed by atoms with Crippen molar-refractivity contribution in [1.82, 2.24) is 20.9 Å². The number of alkyl halides is 2. The monoisotopic (exact) mass is 726 g/mol. The van der Waals surface area contributed by atoms with Gasteiger partial charge in [0.05, 0.1) is 50.3 Å². The van der Waals surface area contributed by atoms with Gasteiger partial charge in [0.1, 0.15) is 6.04 Å². The van der Waals surface area contributed by atoms with Crippen molar-refractivity contribution in [3.05, 3.63) is 0 Å². The van der Waals surface area contributed by atoms with Gasteiger partial charge in [-0.05, 0) is 71.1 Å². The van der Waals surface area contributed by atoms with Gasteiger partial charge in [-0.3, -0.25) is 14.4 Å². The van der Waals surface area contributed by atoms with E-state index < -0.39 is 48.4 Å². The zero-order valence-corrected chi connectivity index (χ0v) is 32.5. The molecule has 16 heteroatoms. The summed E-state index contributed by atoms with van der Waals surface area (Å²) < 4.78 is 54.2. The van der Waals surface area contributed by atoms with Crippen molar-refractivity contribution in [3.63, 3.8) is 0 Å². The summed E-state index contributed by atoms with van der Waals surface area (Å²) in [6.07, 6.45) is 8.56. The molecular formula is C33H53F2KN4O9. The number of nitrogens with zero attached hydrogens (tertiary/aromatic N) is 1. The molecule has 0 aromatic heterocycles. The van der Waals surface area contributed by atoms with Crippen LogP contribution in [0.15, 0.2) is 0 Å². The molecule has 49 heavy (non-hydrogen) atoms. The molecule has 6 aliphatic rings. The number of rotatable bonds is 18. The summed E-state index contributed by atoms with van der Waals surface area (Å²) in [6, 6.07) is -2.53. The fraction of sp³-hybridized carbons (Fsp3) is 0.879. The summed E-state index contributed by atoms with van der Waals surface area (Å²) >= 11 is 0. The second kappa shape index (κ2) is 20.4. The Hall–Kier alpha value is -0.824. The second-order valence-electron chi connectivity index (χ2n) is 13.6. The van der Waals surface area contributed by atoms with E-state index in [1.165, 1.54) is 4.90 Å². The molecule has 5 aliphatic heterocycles. The molecule has 6 fully saturated rings. The number of likely N-dealkylation sites (tertiary alicyclic amines) is 1. The number of carbonyl (C=O) groups excluding carboxylic acids is 4. The van der Waals surface area contributed by atoms with E-state index in [0.29, 0.717) is 32.4 Å². The van der Waals surface area contributed by atoms with Crippen molar-refractivity contribution in [3.8, 4) is 0 Å². The van der Waals surface area contributed by atoms with Crippen LogP contribution in [0.1, 0.15) is 85.0 Å². The molecular weight excluding hydrogens is 673 g/mol. The number of piperidine rings is 1. The van der Waals surface area contributed by atoms with E-state index in [2.05, 4.69) is 20.7 Å². The molecule has 4 bridgehead atoms. The second-order valence-corrected chi connectivity index (χ2v) is 13.6. The van der Waals surface area contributed by atoms with Crippen LogP contribution in [0.25, 0.3) is 0 Å². The Balaban J connectivity index is 0.00000213. The maximum absolute atomic E-state index is 13.9. The van der Waals surface area contributed by atoms with E-state index >= 15 is 0 Å². The minimum Gasteiger partial charge on any atom is -0.520 e. The summed E-state index contributed by atoms with van der Waals surface area (Å²) in [5, 5.41) is 7.67. The molecule has 5 unspecified atom stereocenters. The first-order valence-corrected chi connectivity index (χ1v) is 17.5. The Labute approximate surface area is 330 Å². The van der Waals surface area contributed by atoms with Crippen LogP contribution in [0.4, 0.5) is 8.78 Å². The number of hydrogen-bond acceptors (Lipinski definition) is 9. The SMILES string of the molecule is CC.CC(OCC12CCC(CC1)O2)C(N[C-]=O)C(=O)NC(OCC12CCC(CC1)OC2)C(NC=O)C(=O)N1CCCC(COC(F)F)C1.[K+]. The van der Waals surface area contributed by atoms with Gasteiger partial charge in [0, 0.05) is 24.4 Å². The molecule has 0 radical (unpaired) electrons. The minimum atomic E-state index is -2.92. The van der Waals surface area contributed by atoms with Crippen molar-refractivity contribution >= 4 is 24.6 Å². The van der Waals surface area contributed by atoms with Crippen molar-refractivity contribution in [1.29, 1.82) is 0 Å². The summed E-state index contributed by atoms with van der Waals surface area (Å²) in [6.45, 7) is 3.90. The number of nitrogens with one attached hydrogen (secondary N) is 3. The summed E-state index contributed by atoms with van der Waals surface area (Å²) in [5.41, 5.74) is -0.700. The number of fused-ring (bicyclic) bond motifs is 5. The van der Waals surface area contributed by atoms with Gasteiger partial charge in [-0.15, -0.1) is 0 Å². The average Bonchev–Trinajstić information content (AvgIpc) is 3.73. The minimum absolute atomic E-state index is 0. The largest absolute Gasteiger partial charge is 1.00 e. The summed E-state index contributed by atoms with van der Waals surface area (Å²) in [7, 11) is 0. The number of carbonyl (C=O) groups is 3. The standard InChI is InChI=1S/C31H47F2N4O9.C2H6.K/c1-20(43-17-31-10-6-23(46-31)7-11-31)24(34-18-38)26(40)36-27(45-16-30-8-4-22(5-9-30)44-15-30)25(35-19-39)28(41)37-12-2-3-21(13-37)14-42-29(32)33;1-2;/h19-25,27,29H,2-17H2,1H3,(H,34,38)(H,35,39)(H,36,40);1-2H3;/q-1;;+1. The van der Waals surface area contributed by atoms with E-state index in [0.717, 1.165) is 51.4 Å². The van der Waals surface area contributed by atoms with E-state index in [4.69, 9.17) is 18.9 Å². The average molecular weight is 727 g/mol. The molecule has 5 heterocycles. The van der Waals surface area contributed by atoms with E-state index in [1.807, 2.05) is 13.8 Å². The third-order valence-electron chi connectivity index (χ3n) is 10.4. The normalized spacial score (nSPS) is 31.0. The zero-order valence-electron chi connectivity index (χ0n) is 29.4. The van der Waals surface area contributed by atoms with Crippen molar-refractivity contribution in [2.75, 3.05) is 39.5 Å². The molecule has 13 nitrogen and oxygen atoms in total. The third-order valence-corrected chi connectivity index (χ3v) is 10.4. The Kier molecular flexibility index (Phi) is 17.8. The molecule has 5 saturated heterocycles. The predicted octanol–water partition coefficient (Wildman–Crippen LogP) is -0.831. The molecule has 0 spiro atoms. The van der Waals surface area contributed by atoms with Gasteiger partial charge in [0.15, 0.2) is 12.3 Å². The van der Waals surface area contributed by atoms with Gasteiger partial charge in [0.2, 0.25) is 18.2 Å². The number of hydrogen-bond donors (Lipinski definition) is 3. The van der Waals surface area contributed by atoms with Gasteiger partial charge in [-0.2, -0.15) is 15.2 Å². The maximum Gasteiger partial charge on any atom is 1.00 e. The first-order valence-electron chi connectivity index (χ1n) is 17.5. The van der Waals surface area contributed by atoms with E-state index in [-0.39, 0.29) is 101 Å². The molecule has 1 aliphatic carbocycles. The predicted molar refractivity (Wildman–Crippen MR) is 168 cm³/mol. The van der Waals surface area contributed by atoms with Crippen LogP contribution < -0.4 is 67.3 Å². The number of ether oxygens (including phenoxy) is 5. The van der Waals surface area contributed by atoms with Crippen LogP contribution in [-0.2, 0) is 42.9 Å². The Morgan fingerprint density at radius 1 is 1.00 bits per heavy atom. The Morgan fingerprint density at radius 2 is 1.69 bits per heavy atom. The van der Waals surface area contributed by atoms with Crippen LogP contribution >= 0.6 is 0 Å². The molecule has 3 N–H and O–H groups in total. The number of amides is 4. The van der Waals surface area contributed by atoms with Gasteiger partial charge in [0.25, 0.3) is 0 Å². The Bertz CT molecular complexity index is 1050. The maximum atomic E-state index is 13.9. The molecule has 0 aromatic carbocycles. The van der Waals surface area contributed by atoms with Gasteiger partial charge >= 0.3 is 58.0 Å². The first kappa shape index (κ1) is 42.6. The number of halogens is 2. The quantitative estimate of drug-likeness (QED) is 0.0541. The fourth-order valence-corrected chi connectivity index (χ4v) is 7.61. The van der Waals surface area contributed by atoms with Crippen LogP contribution in [0, 0.1) is 11.3 Å². The van der Waals surface area contributed by atoms with Crippen LogP contribution in [0.3, 0.4) is 0 Å². The summed E-state index contributed by atoms with van der Waals surface area (Å²) in [5.74, 6) is -1.55. The van der Waals surface area contributed by atoms with Crippen molar-refractivity contribution in [2.24, 2.45) is 11.3 Å². The molecule has 6 rings (SSSR count). The molecule has 274 valence electrons. The van der Waals surface area contributed by atoms with Gasteiger partial charge < -0.3 is 49.3 Å². The smallest absolute Gasteiger partial charge is 0.520 e. The first-order chi connectivity index (χ1) is 23.1. The van der Waals surface area contributed by atoms with Crippen molar-refractivity contribution < 1.29 is 103 Å². The van der Waals surface area contributed by atoms with Gasteiger partial charge in [-0.1, -0.05) is 13.8 Å². The van der Waals surface area contributed by atoms with Crippen LogP contribution in [0.5, 0.6) is 0 Å². The molecule has 1 saturated carbocycles. The van der Waals surface area contributed by atoms with Gasteiger partial charge in [-0.25, -0.2) is 0 Å².